The normalized spacial score (nSPS) is 16.2. The lowest BCUT2D eigenvalue weighted by atomic mass is 10.00. The number of aliphatic hydroxyl groups is 1. The molecule has 1 unspecified atom stereocenters. The molecule has 24 heavy (non-hydrogen) atoms. The van der Waals surface area contributed by atoms with Gasteiger partial charge in [-0.1, -0.05) is 36.4 Å². The number of β-amino-alcohol motifs (C(OH)–C–C–N with tert-alkyl or cyclic N) is 1. The van der Waals surface area contributed by atoms with Crippen molar-refractivity contribution in [3.63, 3.8) is 0 Å². The number of aromatic amines is 1. The third kappa shape index (κ3) is 2.88. The zero-order valence-electron chi connectivity index (χ0n) is 13.5. The summed E-state index contributed by atoms with van der Waals surface area (Å²) in [4.78, 5) is 17.2. The van der Waals surface area contributed by atoms with Crippen LogP contribution in [0.15, 0.2) is 53.3 Å². The van der Waals surface area contributed by atoms with Crippen molar-refractivity contribution in [3.8, 4) is 0 Å². The molecule has 4 rings (SSSR count). The number of nitrogens with zero attached hydrogens (tertiary/aromatic N) is 2. The fourth-order valence-corrected chi connectivity index (χ4v) is 3.56. The summed E-state index contributed by atoms with van der Waals surface area (Å²) in [6.45, 7) is 2.67. The molecule has 1 aromatic heterocycles. The number of rotatable bonds is 4. The number of fused-ring (bicyclic) bond motifs is 2. The molecule has 0 bridgehead atoms. The van der Waals surface area contributed by atoms with E-state index in [1.807, 2.05) is 24.3 Å². The topological polar surface area (TPSA) is 61.3 Å². The molecular formula is C19H21N3O2. The van der Waals surface area contributed by atoms with E-state index in [1.54, 1.807) is 4.57 Å². The molecule has 0 amide bonds. The maximum absolute atomic E-state index is 12.1. The molecule has 2 aromatic carbocycles. The molecule has 0 aliphatic carbocycles. The molecule has 1 atom stereocenters. The Kier molecular flexibility index (Phi) is 3.96. The van der Waals surface area contributed by atoms with Crippen molar-refractivity contribution in [3.05, 3.63) is 70.1 Å². The molecule has 124 valence electrons. The second-order valence-corrected chi connectivity index (χ2v) is 6.47. The van der Waals surface area contributed by atoms with Crippen molar-refractivity contribution in [2.45, 2.75) is 25.6 Å². The number of aliphatic hydroxyl groups excluding tert-OH is 1. The predicted molar refractivity (Wildman–Crippen MR) is 94.0 cm³/mol. The number of imidazole rings is 1. The van der Waals surface area contributed by atoms with E-state index in [1.165, 1.54) is 11.1 Å². The Morgan fingerprint density at radius 2 is 1.79 bits per heavy atom. The van der Waals surface area contributed by atoms with Gasteiger partial charge < -0.3 is 10.1 Å². The van der Waals surface area contributed by atoms with E-state index >= 15 is 0 Å². The Bertz CT molecular complexity index is 912. The van der Waals surface area contributed by atoms with Gasteiger partial charge in [0.15, 0.2) is 0 Å². The first-order valence-corrected chi connectivity index (χ1v) is 8.35. The Hall–Kier alpha value is -2.37. The maximum Gasteiger partial charge on any atom is 0.326 e. The molecule has 5 heteroatoms. The molecule has 1 aliphatic rings. The molecule has 0 spiro atoms. The average molecular weight is 323 g/mol. The summed E-state index contributed by atoms with van der Waals surface area (Å²) in [5.74, 6) is 0. The summed E-state index contributed by atoms with van der Waals surface area (Å²) < 4.78 is 1.62. The average Bonchev–Trinajstić information content (AvgIpc) is 2.90. The maximum atomic E-state index is 12.1. The molecule has 2 heterocycles. The first-order chi connectivity index (χ1) is 11.7. The molecular weight excluding hydrogens is 302 g/mol. The fraction of sp³-hybridized carbons (Fsp3) is 0.316. The predicted octanol–water partition coefficient (Wildman–Crippen LogP) is 1.75. The lowest BCUT2D eigenvalue weighted by Crippen LogP contribution is -2.39. The number of hydrogen-bond donors (Lipinski definition) is 2. The van der Waals surface area contributed by atoms with Crippen molar-refractivity contribution in [1.82, 2.24) is 14.5 Å². The van der Waals surface area contributed by atoms with E-state index in [4.69, 9.17) is 0 Å². The van der Waals surface area contributed by atoms with E-state index in [0.29, 0.717) is 13.1 Å². The lowest BCUT2D eigenvalue weighted by molar-refractivity contribution is 0.0919. The first-order valence-electron chi connectivity index (χ1n) is 8.35. The van der Waals surface area contributed by atoms with Gasteiger partial charge in [0, 0.05) is 19.6 Å². The van der Waals surface area contributed by atoms with Crippen LogP contribution < -0.4 is 5.69 Å². The Labute approximate surface area is 140 Å². The van der Waals surface area contributed by atoms with Gasteiger partial charge in [-0.3, -0.25) is 9.47 Å². The third-order valence-electron chi connectivity index (χ3n) is 4.75. The first kappa shape index (κ1) is 15.2. The van der Waals surface area contributed by atoms with E-state index in [2.05, 4.69) is 34.1 Å². The van der Waals surface area contributed by atoms with Crippen LogP contribution in [-0.4, -0.2) is 38.8 Å². The monoisotopic (exact) mass is 323 g/mol. The van der Waals surface area contributed by atoms with Crippen LogP contribution in [0, 0.1) is 0 Å². The van der Waals surface area contributed by atoms with E-state index in [9.17, 15) is 9.90 Å². The van der Waals surface area contributed by atoms with Crippen molar-refractivity contribution in [2.75, 3.05) is 13.1 Å². The molecule has 3 aromatic rings. The number of H-pyrrole nitrogens is 1. The Morgan fingerprint density at radius 1 is 1.04 bits per heavy atom. The molecule has 1 aliphatic heterocycles. The van der Waals surface area contributed by atoms with Crippen LogP contribution in [0.4, 0.5) is 0 Å². The second kappa shape index (κ2) is 6.26. The lowest BCUT2D eigenvalue weighted by Gasteiger charge is -2.30. The van der Waals surface area contributed by atoms with Crippen LogP contribution in [-0.2, 0) is 19.5 Å². The molecule has 0 fully saturated rings. The van der Waals surface area contributed by atoms with Gasteiger partial charge in [0.05, 0.1) is 23.7 Å². The van der Waals surface area contributed by atoms with Crippen molar-refractivity contribution >= 4 is 11.0 Å². The summed E-state index contributed by atoms with van der Waals surface area (Å²) in [6, 6.07) is 16.0. The standard InChI is InChI=1S/C19H21N3O2/c23-16(12-21-10-9-14-5-1-2-6-15(14)11-21)13-22-18-8-4-3-7-17(18)20-19(22)24/h1-8,16,23H,9-13H2,(H,20,24). The quantitative estimate of drug-likeness (QED) is 0.769. The zero-order chi connectivity index (χ0) is 16.5. The van der Waals surface area contributed by atoms with Gasteiger partial charge in [-0.05, 0) is 29.7 Å². The minimum atomic E-state index is -0.577. The summed E-state index contributed by atoms with van der Waals surface area (Å²) in [5.41, 5.74) is 4.21. The minimum absolute atomic E-state index is 0.167. The van der Waals surface area contributed by atoms with E-state index in [-0.39, 0.29) is 5.69 Å². The SMILES string of the molecule is O=c1[nH]c2ccccc2n1CC(O)CN1CCc2ccccc2C1. The van der Waals surface area contributed by atoms with Gasteiger partial charge in [0.25, 0.3) is 0 Å². The van der Waals surface area contributed by atoms with Gasteiger partial charge >= 0.3 is 5.69 Å². The number of nitrogens with one attached hydrogen (secondary N) is 1. The number of hydrogen-bond acceptors (Lipinski definition) is 3. The summed E-state index contributed by atoms with van der Waals surface area (Å²) >= 11 is 0. The van der Waals surface area contributed by atoms with Crippen LogP contribution in [0.3, 0.4) is 0 Å². The summed E-state index contributed by atoms with van der Waals surface area (Å²) in [6.07, 6.45) is 0.433. The number of benzene rings is 2. The van der Waals surface area contributed by atoms with Crippen molar-refractivity contribution < 1.29 is 5.11 Å². The van der Waals surface area contributed by atoms with E-state index in [0.717, 1.165) is 30.5 Å². The second-order valence-electron chi connectivity index (χ2n) is 6.47. The van der Waals surface area contributed by atoms with Crippen LogP contribution in [0.2, 0.25) is 0 Å². The molecule has 0 saturated heterocycles. The third-order valence-corrected chi connectivity index (χ3v) is 4.75. The van der Waals surface area contributed by atoms with Crippen LogP contribution in [0.5, 0.6) is 0 Å². The van der Waals surface area contributed by atoms with Crippen LogP contribution in [0.25, 0.3) is 11.0 Å². The van der Waals surface area contributed by atoms with Crippen LogP contribution >= 0.6 is 0 Å². The molecule has 0 saturated carbocycles. The van der Waals surface area contributed by atoms with Gasteiger partial charge in [-0.25, -0.2) is 4.79 Å². The number of aromatic nitrogens is 2. The minimum Gasteiger partial charge on any atom is -0.390 e. The molecule has 5 nitrogen and oxygen atoms in total. The van der Waals surface area contributed by atoms with E-state index < -0.39 is 6.10 Å². The Morgan fingerprint density at radius 3 is 2.67 bits per heavy atom. The highest BCUT2D eigenvalue weighted by atomic mass is 16.3. The smallest absolute Gasteiger partial charge is 0.326 e. The summed E-state index contributed by atoms with van der Waals surface area (Å²) in [7, 11) is 0. The largest absolute Gasteiger partial charge is 0.390 e. The fourth-order valence-electron chi connectivity index (χ4n) is 3.56. The van der Waals surface area contributed by atoms with Gasteiger partial charge in [0.2, 0.25) is 0 Å². The van der Waals surface area contributed by atoms with Crippen molar-refractivity contribution in [2.24, 2.45) is 0 Å². The molecule has 0 radical (unpaired) electrons. The molecule has 2 N–H and O–H groups in total. The Balaban J connectivity index is 1.46. The highest BCUT2D eigenvalue weighted by molar-refractivity contribution is 5.74. The highest BCUT2D eigenvalue weighted by Crippen LogP contribution is 2.19. The van der Waals surface area contributed by atoms with Gasteiger partial charge in [-0.2, -0.15) is 0 Å². The van der Waals surface area contributed by atoms with Crippen LogP contribution in [0.1, 0.15) is 11.1 Å². The van der Waals surface area contributed by atoms with Gasteiger partial charge in [0.1, 0.15) is 0 Å². The summed E-state index contributed by atoms with van der Waals surface area (Å²) in [5, 5.41) is 10.5. The zero-order valence-corrected chi connectivity index (χ0v) is 13.5. The van der Waals surface area contributed by atoms with Gasteiger partial charge in [-0.15, -0.1) is 0 Å². The highest BCUT2D eigenvalue weighted by Gasteiger charge is 2.19. The number of para-hydroxylation sites is 2. The van der Waals surface area contributed by atoms with Crippen molar-refractivity contribution in [1.29, 1.82) is 0 Å².